The molecule has 0 aliphatic carbocycles. The van der Waals surface area contributed by atoms with Crippen LogP contribution >= 0.6 is 11.8 Å². The van der Waals surface area contributed by atoms with E-state index in [0.29, 0.717) is 112 Å². The molecule has 33 heteroatoms. The molecule has 6 rings (SSSR count). The number of nitrogens with zero attached hydrogens (tertiary/aromatic N) is 2. The van der Waals surface area contributed by atoms with Crippen LogP contribution in [-0.4, -0.2) is 224 Å². The average Bonchev–Trinajstić information content (AvgIpc) is 1.63. The van der Waals surface area contributed by atoms with Gasteiger partial charge in [-0.15, -0.1) is 0 Å². The minimum Gasteiger partial charge on any atom is -0.610 e. The molecule has 11 atom stereocenters. The summed E-state index contributed by atoms with van der Waals surface area (Å²) in [5.41, 5.74) is 6.54. The Morgan fingerprint density at radius 1 is 0.768 bits per heavy atom. The first kappa shape index (κ1) is 76.2. The van der Waals surface area contributed by atoms with E-state index < -0.39 is 182 Å². The molecule has 95 heavy (non-hydrogen) atoms. The van der Waals surface area contributed by atoms with Crippen LogP contribution in [0.1, 0.15) is 122 Å². The molecule has 2 aromatic rings. The molecule has 31 nitrogen and oxygen atoms in total. The number of hydrogen-bond donors (Lipinski definition) is 14. The van der Waals surface area contributed by atoms with E-state index >= 15 is 4.55 Å². The Morgan fingerprint density at radius 2 is 1.41 bits per heavy atom. The lowest BCUT2D eigenvalue weighted by Gasteiger charge is -2.33. The van der Waals surface area contributed by atoms with Crippen LogP contribution in [0.4, 0.5) is 0 Å². The van der Waals surface area contributed by atoms with Crippen molar-refractivity contribution in [2.75, 3.05) is 64.5 Å². The van der Waals surface area contributed by atoms with E-state index in [1.807, 2.05) is 0 Å². The van der Waals surface area contributed by atoms with E-state index in [1.54, 1.807) is 26.0 Å². The number of imide groups is 1. The molecule has 2 bridgehead atoms. The summed E-state index contributed by atoms with van der Waals surface area (Å²) >= 11 is -0.932. The zero-order chi connectivity index (χ0) is 69.5. The molecule has 1 fully saturated rings. The van der Waals surface area contributed by atoms with Crippen LogP contribution in [-0.2, 0) is 85.7 Å². The minimum absolute atomic E-state index is 0.0850. The van der Waals surface area contributed by atoms with Gasteiger partial charge in [-0.3, -0.25) is 67.2 Å². The average molecular weight is 1370 g/mol. The number of methoxy groups -OCH3 is 1. The van der Waals surface area contributed by atoms with Crippen LogP contribution in [0.2, 0.25) is 0 Å². The third-order valence-corrected chi connectivity index (χ3v) is 19.7. The summed E-state index contributed by atoms with van der Waals surface area (Å²) in [6, 6.07) is -6.66. The number of aromatic nitrogens is 1. The van der Waals surface area contributed by atoms with Gasteiger partial charge in [0, 0.05) is 110 Å². The van der Waals surface area contributed by atoms with E-state index in [0.717, 1.165) is 11.3 Å². The summed E-state index contributed by atoms with van der Waals surface area (Å²) in [7, 11) is 1.44. The van der Waals surface area contributed by atoms with Crippen molar-refractivity contribution in [3.05, 3.63) is 35.4 Å². The summed E-state index contributed by atoms with van der Waals surface area (Å²) in [4.78, 5) is 181. The summed E-state index contributed by atoms with van der Waals surface area (Å²) in [5.74, 6) is -11.1. The SMILES string of the molecule is CC[C@H](C)[C@@H]1NC(=O)CNC(=O)[C@@H]2Cc3c([nH]c4c(CSCCCCNC(=O)CCCCCNC(=O)CCCCCN5C(=O)C=CC5=O)c(OC)ccc34)[S+]([O-])C[C@H](NC(=O)CNC1=O)C(=O)N[C@@H](CCC(N)=O)C(=O)N1C[C@H](O)CC1C(=O)N[C@@H]([C@@H](C)[C@@H](O)CO)C(=O)N2. The number of primary amides is 1. The number of hydrogen-bond acceptors (Lipinski definition) is 19. The molecule has 4 aliphatic heterocycles. The third kappa shape index (κ3) is 22.1. The van der Waals surface area contributed by atoms with E-state index in [9.17, 15) is 77.6 Å². The Labute approximate surface area is 557 Å². The van der Waals surface area contributed by atoms with Crippen molar-refractivity contribution in [1.29, 1.82) is 0 Å². The maximum absolute atomic E-state index is 15.4. The number of aromatic amines is 1. The Hall–Kier alpha value is -7.85. The van der Waals surface area contributed by atoms with Gasteiger partial charge in [0.15, 0.2) is 6.04 Å². The summed E-state index contributed by atoms with van der Waals surface area (Å²) in [5, 5.41) is 55.8. The fourth-order valence-corrected chi connectivity index (χ4v) is 13.8. The number of ether oxygens (including phenoxy) is 1. The molecule has 1 aromatic carbocycles. The van der Waals surface area contributed by atoms with Crippen molar-refractivity contribution in [3.63, 3.8) is 0 Å². The lowest BCUT2D eigenvalue weighted by atomic mass is 9.93. The predicted molar refractivity (Wildman–Crippen MR) is 346 cm³/mol. The van der Waals surface area contributed by atoms with Gasteiger partial charge >= 0.3 is 0 Å². The number of amides is 13. The molecule has 5 heterocycles. The fraction of sp³-hybridized carbons (Fsp3) is 0.629. The molecule has 0 spiro atoms. The minimum atomic E-state index is -2.43. The van der Waals surface area contributed by atoms with Crippen LogP contribution in [0, 0.1) is 11.8 Å². The van der Waals surface area contributed by atoms with Gasteiger partial charge in [0.05, 0.1) is 44.5 Å². The van der Waals surface area contributed by atoms with E-state index in [-0.39, 0.29) is 40.0 Å². The maximum atomic E-state index is 15.4. The van der Waals surface area contributed by atoms with Crippen LogP contribution in [0.5, 0.6) is 5.75 Å². The normalized spacial score (nSPS) is 23.7. The Bertz CT molecular complexity index is 3130. The summed E-state index contributed by atoms with van der Waals surface area (Å²) in [6.45, 7) is 2.97. The molecule has 4 aliphatic rings. The quantitative estimate of drug-likeness (QED) is 0.0230. The van der Waals surface area contributed by atoms with Crippen LogP contribution < -0.4 is 58.3 Å². The number of rotatable bonds is 28. The number of carbonyl (C=O) groups excluding carboxylic acids is 13. The first-order chi connectivity index (χ1) is 45.3. The summed E-state index contributed by atoms with van der Waals surface area (Å²) < 4.78 is 21.2. The molecular weight excluding hydrogens is 1280 g/mol. The van der Waals surface area contributed by atoms with Crippen molar-refractivity contribution in [3.8, 4) is 5.75 Å². The number of nitrogens with one attached hydrogen (secondary N) is 10. The Balaban J connectivity index is 1.25. The highest BCUT2D eigenvalue weighted by molar-refractivity contribution is 7.98. The summed E-state index contributed by atoms with van der Waals surface area (Å²) in [6.07, 6.45) is 3.81. The molecule has 1 saturated heterocycles. The van der Waals surface area contributed by atoms with Crippen molar-refractivity contribution >= 4 is 111 Å². The Kier molecular flexibility index (Phi) is 30.0. The lowest BCUT2D eigenvalue weighted by molar-refractivity contribution is -0.143. The highest BCUT2D eigenvalue weighted by Gasteiger charge is 2.45. The van der Waals surface area contributed by atoms with Crippen LogP contribution in [0.15, 0.2) is 29.3 Å². The van der Waals surface area contributed by atoms with Crippen LogP contribution in [0.3, 0.4) is 0 Å². The molecule has 15 N–H and O–H groups in total. The number of thioether (sulfide) groups is 1. The van der Waals surface area contributed by atoms with Gasteiger partial charge in [-0.1, -0.05) is 40.0 Å². The number of benzene rings is 1. The molecule has 1 aromatic heterocycles. The van der Waals surface area contributed by atoms with Crippen molar-refractivity contribution in [1.82, 2.24) is 62.6 Å². The van der Waals surface area contributed by atoms with E-state index in [2.05, 4.69) is 52.8 Å². The second kappa shape index (κ2) is 37.4. The van der Waals surface area contributed by atoms with Crippen molar-refractivity contribution < 1.29 is 86.9 Å². The van der Waals surface area contributed by atoms with Gasteiger partial charge < -0.3 is 88.1 Å². The zero-order valence-electron chi connectivity index (χ0n) is 54.0. The molecule has 524 valence electrons. The largest absolute Gasteiger partial charge is 0.610 e. The zero-order valence-corrected chi connectivity index (χ0v) is 55.6. The van der Waals surface area contributed by atoms with Gasteiger partial charge in [0.25, 0.3) is 11.8 Å². The smallest absolute Gasteiger partial charge is 0.253 e. The number of aliphatic hydroxyl groups excluding tert-OH is 3. The number of H-pyrrole nitrogens is 1. The predicted octanol–water partition coefficient (Wildman–Crippen LogP) is -2.94. The topological polar surface area (TPSA) is 471 Å². The number of fused-ring (bicyclic) bond motifs is 5. The first-order valence-corrected chi connectivity index (χ1v) is 34.7. The Morgan fingerprint density at radius 3 is 2.05 bits per heavy atom. The molecule has 13 amide bonds. The molecular formula is C62H91N13O18S2. The van der Waals surface area contributed by atoms with Crippen molar-refractivity contribution in [2.24, 2.45) is 17.6 Å². The molecule has 2 unspecified atom stereocenters. The fourth-order valence-electron chi connectivity index (χ4n) is 11.4. The van der Waals surface area contributed by atoms with Gasteiger partial charge in [0.2, 0.25) is 70.0 Å². The van der Waals surface area contributed by atoms with Gasteiger partial charge in [-0.25, -0.2) is 0 Å². The number of carbonyl (C=O) groups is 13. The molecule has 0 saturated carbocycles. The van der Waals surface area contributed by atoms with Gasteiger partial charge in [-0.05, 0) is 68.7 Å². The second-order valence-electron chi connectivity index (χ2n) is 24.2. The van der Waals surface area contributed by atoms with E-state index in [4.69, 9.17) is 10.5 Å². The monoisotopic (exact) mass is 1370 g/mol. The van der Waals surface area contributed by atoms with Gasteiger partial charge in [0.1, 0.15) is 41.7 Å². The highest BCUT2D eigenvalue weighted by Crippen LogP contribution is 2.37. The lowest BCUT2D eigenvalue weighted by Crippen LogP contribution is -2.62. The second-order valence-corrected chi connectivity index (χ2v) is 26.7. The van der Waals surface area contributed by atoms with Crippen molar-refractivity contribution in [2.45, 2.75) is 176 Å². The molecule has 0 radical (unpaired) electrons. The standard InChI is InChI=1S/C62H91N13O18S2/c1-5-34(2)53-59(89)67-28-49(82)68-42-33-95(92)61-38(37-16-18-45(93-4)39(55(37)73-61)32-94-25-13-11-23-65-47(80)14-8-6-10-22-64-48(81)15-9-7-12-24-74-51(84)20-21-52(74)85)27-41(56(86)66-29-50(83)71-53)70-60(90)54(35(3)44(78)31-76)72-58(88)43-26-36(77)30-75(43)62(91)40(69-57(42)87)17-19-46(63)79/h16,18,20-21,34-36,40-44,53-54,73,76-78H,5-15,17,19,22-33H2,1-4H3,(H2,63,79)(H,64,81)(H,65,80)(H,66,86)(H,67,89)(H,68,82)(H,69,87)(H,70,90)(H,71,83)(H,72,88)/t34-,35-,36+,40-,41-,42-,43?,44-,53-,54-,95?/m0/s1. The highest BCUT2D eigenvalue weighted by atomic mass is 32.2. The first-order valence-electron chi connectivity index (χ1n) is 32.2. The van der Waals surface area contributed by atoms with E-state index in [1.165, 1.54) is 42.8 Å². The maximum Gasteiger partial charge on any atom is 0.253 e. The number of nitrogens with two attached hydrogens (primary N) is 1. The third-order valence-electron chi connectivity index (χ3n) is 17.2. The number of aliphatic hydroxyl groups is 3. The number of unbranched alkanes of at least 4 members (excludes halogenated alkanes) is 5. The van der Waals surface area contributed by atoms with Crippen LogP contribution in [0.25, 0.3) is 10.9 Å². The van der Waals surface area contributed by atoms with Gasteiger partial charge in [-0.2, -0.15) is 11.8 Å².